The molecule has 1 aliphatic carbocycles. The van der Waals surface area contributed by atoms with Crippen LogP contribution in [0, 0.1) is 0 Å². The molecule has 3 amide bonds. The predicted molar refractivity (Wildman–Crippen MR) is 59.2 cm³/mol. The fraction of sp³-hybridized carbons (Fsp3) is 0.700. The molecule has 0 spiro atoms. The molecule has 1 unspecified atom stereocenters. The molecule has 0 radical (unpaired) electrons. The van der Waals surface area contributed by atoms with Crippen LogP contribution in [0.1, 0.15) is 26.2 Å². The maximum Gasteiger partial charge on any atom is 0.312 e. The normalized spacial score (nSPS) is 16.1. The number of carboxylic acids is 1. The number of nitrogens with one attached hydrogen (secondary N) is 1. The van der Waals surface area contributed by atoms with E-state index in [-0.39, 0.29) is 24.9 Å². The van der Waals surface area contributed by atoms with Crippen molar-refractivity contribution >= 4 is 17.9 Å². The lowest BCUT2D eigenvalue weighted by Crippen LogP contribution is -2.49. The summed E-state index contributed by atoms with van der Waals surface area (Å²) in [6.45, 7) is 1.70. The van der Waals surface area contributed by atoms with Gasteiger partial charge in [0.15, 0.2) is 0 Å². The van der Waals surface area contributed by atoms with Crippen LogP contribution in [0.15, 0.2) is 0 Å². The van der Waals surface area contributed by atoms with Crippen LogP contribution in [0.2, 0.25) is 0 Å². The molecule has 0 aromatic carbocycles. The number of hydrogen-bond acceptors (Lipinski definition) is 3. The minimum absolute atomic E-state index is 0.0917. The van der Waals surface area contributed by atoms with E-state index in [4.69, 9.17) is 10.8 Å². The van der Waals surface area contributed by atoms with Gasteiger partial charge in [0.1, 0.15) is 6.04 Å². The fourth-order valence-electron chi connectivity index (χ4n) is 1.60. The van der Waals surface area contributed by atoms with Gasteiger partial charge in [-0.25, -0.2) is 4.79 Å². The second kappa shape index (κ2) is 5.51. The Bertz CT molecular complexity index is 328. The molecule has 1 fully saturated rings. The van der Waals surface area contributed by atoms with E-state index in [1.807, 2.05) is 0 Å². The van der Waals surface area contributed by atoms with Crippen LogP contribution >= 0.6 is 0 Å². The molecule has 17 heavy (non-hydrogen) atoms. The van der Waals surface area contributed by atoms with Crippen molar-refractivity contribution in [3.05, 3.63) is 0 Å². The van der Waals surface area contributed by atoms with Crippen LogP contribution in [0.25, 0.3) is 0 Å². The third-order valence-electron chi connectivity index (χ3n) is 2.57. The first-order chi connectivity index (χ1) is 7.91. The smallest absolute Gasteiger partial charge is 0.312 e. The van der Waals surface area contributed by atoms with Gasteiger partial charge in [-0.15, -0.1) is 0 Å². The molecule has 1 atom stereocenters. The zero-order valence-electron chi connectivity index (χ0n) is 9.68. The Labute approximate surface area is 98.9 Å². The van der Waals surface area contributed by atoms with Gasteiger partial charge in [0, 0.05) is 12.6 Å². The highest BCUT2D eigenvalue weighted by Gasteiger charge is 2.34. The van der Waals surface area contributed by atoms with Crippen LogP contribution in [-0.2, 0) is 9.59 Å². The molecule has 0 aromatic rings. The molecule has 4 N–H and O–H groups in total. The highest BCUT2D eigenvalue weighted by atomic mass is 16.4. The number of carbonyl (C=O) groups is 3. The number of nitrogens with two attached hydrogens (primary N) is 1. The molecule has 1 saturated carbocycles. The van der Waals surface area contributed by atoms with Crippen LogP contribution < -0.4 is 11.1 Å². The van der Waals surface area contributed by atoms with Crippen molar-refractivity contribution in [1.29, 1.82) is 0 Å². The number of nitrogens with zero attached hydrogens (tertiary/aromatic N) is 1. The number of hydrogen-bond donors (Lipinski definition) is 3. The molecule has 0 aliphatic heterocycles. The van der Waals surface area contributed by atoms with E-state index >= 15 is 0 Å². The van der Waals surface area contributed by atoms with Gasteiger partial charge in [0.25, 0.3) is 0 Å². The molecule has 7 heteroatoms. The number of carbonyl (C=O) groups excluding carboxylic acids is 2. The summed E-state index contributed by atoms with van der Waals surface area (Å²) in [6.07, 6.45) is 1.68. The minimum Gasteiger partial charge on any atom is -0.481 e. The minimum atomic E-state index is -0.945. The van der Waals surface area contributed by atoms with Gasteiger partial charge in [0.2, 0.25) is 5.91 Å². The van der Waals surface area contributed by atoms with Crippen molar-refractivity contribution in [1.82, 2.24) is 10.2 Å². The maximum absolute atomic E-state index is 11.9. The van der Waals surface area contributed by atoms with Crippen molar-refractivity contribution in [2.75, 3.05) is 6.54 Å². The highest BCUT2D eigenvalue weighted by molar-refractivity contribution is 5.86. The standard InChI is InChI=1S/C10H17N3O4/c1-6(12-10(11)17)9(16)13(7-2-3-7)5-4-8(14)15/h6-7H,2-5H2,1H3,(H,14,15)(H3,11,12,17). The van der Waals surface area contributed by atoms with Gasteiger partial charge in [-0.3, -0.25) is 9.59 Å². The number of amides is 3. The van der Waals surface area contributed by atoms with Crippen LogP contribution in [0.5, 0.6) is 0 Å². The van der Waals surface area contributed by atoms with E-state index in [1.165, 1.54) is 11.8 Å². The van der Waals surface area contributed by atoms with Gasteiger partial charge < -0.3 is 21.1 Å². The van der Waals surface area contributed by atoms with E-state index in [1.54, 1.807) is 0 Å². The van der Waals surface area contributed by atoms with E-state index < -0.39 is 18.0 Å². The summed E-state index contributed by atoms with van der Waals surface area (Å²) in [5.41, 5.74) is 4.93. The Morgan fingerprint density at radius 1 is 1.47 bits per heavy atom. The van der Waals surface area contributed by atoms with Crippen LogP contribution in [-0.4, -0.2) is 46.5 Å². The van der Waals surface area contributed by atoms with Crippen molar-refractivity contribution in [3.63, 3.8) is 0 Å². The summed E-state index contributed by atoms with van der Waals surface area (Å²) in [7, 11) is 0. The summed E-state index contributed by atoms with van der Waals surface area (Å²) >= 11 is 0. The van der Waals surface area contributed by atoms with Gasteiger partial charge in [-0.05, 0) is 19.8 Å². The Hall–Kier alpha value is -1.79. The average molecular weight is 243 g/mol. The first kappa shape index (κ1) is 13.3. The lowest BCUT2D eigenvalue weighted by atomic mass is 10.2. The lowest BCUT2D eigenvalue weighted by molar-refractivity contribution is -0.139. The summed E-state index contributed by atoms with van der Waals surface area (Å²) in [5.74, 6) is -1.23. The monoisotopic (exact) mass is 243 g/mol. The molecule has 1 rings (SSSR count). The molecule has 7 nitrogen and oxygen atoms in total. The Morgan fingerprint density at radius 3 is 2.47 bits per heavy atom. The first-order valence-corrected chi connectivity index (χ1v) is 5.50. The molecule has 0 bridgehead atoms. The Kier molecular flexibility index (Phi) is 4.30. The van der Waals surface area contributed by atoms with Gasteiger partial charge in [-0.2, -0.15) is 0 Å². The van der Waals surface area contributed by atoms with E-state index in [2.05, 4.69) is 5.32 Å². The number of carboxylic acid groups (broad SMARTS) is 1. The summed E-state index contributed by atoms with van der Waals surface area (Å²) in [6, 6.07) is -1.37. The van der Waals surface area contributed by atoms with Crippen molar-refractivity contribution < 1.29 is 19.5 Å². The van der Waals surface area contributed by atoms with Crippen LogP contribution in [0.4, 0.5) is 4.79 Å². The Morgan fingerprint density at radius 2 is 2.06 bits per heavy atom. The second-order valence-electron chi connectivity index (χ2n) is 4.14. The zero-order valence-corrected chi connectivity index (χ0v) is 9.68. The molecule has 1 aliphatic rings. The summed E-state index contributed by atoms with van der Waals surface area (Å²) in [5, 5.41) is 10.9. The second-order valence-corrected chi connectivity index (χ2v) is 4.14. The molecular formula is C10H17N3O4. The SMILES string of the molecule is CC(NC(N)=O)C(=O)N(CCC(=O)O)C1CC1. The summed E-state index contributed by atoms with van der Waals surface area (Å²) < 4.78 is 0. The van der Waals surface area contributed by atoms with Crippen molar-refractivity contribution in [2.24, 2.45) is 5.73 Å². The van der Waals surface area contributed by atoms with Crippen molar-refractivity contribution in [3.8, 4) is 0 Å². The average Bonchev–Trinajstić information content (AvgIpc) is 3.00. The molecule has 96 valence electrons. The van der Waals surface area contributed by atoms with Gasteiger partial charge in [-0.1, -0.05) is 0 Å². The van der Waals surface area contributed by atoms with E-state index in [0.29, 0.717) is 0 Å². The first-order valence-electron chi connectivity index (χ1n) is 5.50. The van der Waals surface area contributed by atoms with E-state index in [0.717, 1.165) is 12.8 Å². The number of primary amides is 1. The fourth-order valence-corrected chi connectivity index (χ4v) is 1.60. The number of urea groups is 1. The van der Waals surface area contributed by atoms with Gasteiger partial charge in [0.05, 0.1) is 6.42 Å². The van der Waals surface area contributed by atoms with Gasteiger partial charge >= 0.3 is 12.0 Å². The number of aliphatic carboxylic acids is 1. The largest absolute Gasteiger partial charge is 0.481 e. The van der Waals surface area contributed by atoms with Crippen LogP contribution in [0.3, 0.4) is 0 Å². The Balaban J connectivity index is 2.53. The predicted octanol–water partition coefficient (Wildman–Crippen LogP) is -0.491. The third kappa shape index (κ3) is 4.29. The molecular weight excluding hydrogens is 226 g/mol. The number of rotatable bonds is 6. The quantitative estimate of drug-likeness (QED) is 0.584. The topological polar surface area (TPSA) is 113 Å². The molecule has 0 aromatic heterocycles. The highest BCUT2D eigenvalue weighted by Crippen LogP contribution is 2.27. The molecule has 0 saturated heterocycles. The van der Waals surface area contributed by atoms with E-state index in [9.17, 15) is 14.4 Å². The zero-order chi connectivity index (χ0) is 13.0. The lowest BCUT2D eigenvalue weighted by Gasteiger charge is -2.25. The third-order valence-corrected chi connectivity index (χ3v) is 2.57. The molecule has 0 heterocycles. The van der Waals surface area contributed by atoms with Crippen molar-refractivity contribution in [2.45, 2.75) is 38.3 Å². The summed E-state index contributed by atoms with van der Waals surface area (Å²) in [4.78, 5) is 34.6. The maximum atomic E-state index is 11.9.